The highest BCUT2D eigenvalue weighted by Crippen LogP contribution is 2.28. The first-order chi connectivity index (χ1) is 10.2. The van der Waals surface area contributed by atoms with Crippen LogP contribution in [-0.4, -0.2) is 22.0 Å². The summed E-state index contributed by atoms with van der Waals surface area (Å²) in [4.78, 5) is 14.2. The van der Waals surface area contributed by atoms with Crippen LogP contribution in [0, 0.1) is 6.92 Å². The molecule has 0 aliphatic carbocycles. The van der Waals surface area contributed by atoms with Gasteiger partial charge in [-0.1, -0.05) is 17.4 Å². The molecule has 3 aromatic rings. The van der Waals surface area contributed by atoms with Crippen molar-refractivity contribution < 1.29 is 0 Å². The van der Waals surface area contributed by atoms with E-state index in [-0.39, 0.29) is 0 Å². The molecule has 0 aliphatic rings. The zero-order valence-corrected chi connectivity index (χ0v) is 12.6. The summed E-state index contributed by atoms with van der Waals surface area (Å²) in [7, 11) is 1.86. The molecule has 0 saturated heterocycles. The van der Waals surface area contributed by atoms with Crippen LogP contribution in [0.25, 0.3) is 10.6 Å². The molecule has 3 heterocycles. The SMILES string of the molecule is CNc1ncc(-c2cccc(Nc3cc(C)ccn3)n2)s1. The number of nitrogens with zero attached hydrogens (tertiary/aromatic N) is 3. The fraction of sp³-hybridized carbons (Fsp3) is 0.133. The third-order valence-corrected chi connectivity index (χ3v) is 3.93. The number of nitrogens with one attached hydrogen (secondary N) is 2. The maximum Gasteiger partial charge on any atom is 0.182 e. The van der Waals surface area contributed by atoms with Crippen molar-refractivity contribution >= 4 is 28.1 Å². The number of rotatable bonds is 4. The second kappa shape index (κ2) is 5.88. The van der Waals surface area contributed by atoms with Crippen molar-refractivity contribution in [2.24, 2.45) is 0 Å². The maximum absolute atomic E-state index is 4.61. The fourth-order valence-corrected chi connectivity index (χ4v) is 2.62. The minimum atomic E-state index is 0.769. The molecule has 3 rings (SSSR count). The largest absolute Gasteiger partial charge is 0.365 e. The topological polar surface area (TPSA) is 62.7 Å². The van der Waals surface area contributed by atoms with E-state index in [0.717, 1.165) is 32.9 Å². The van der Waals surface area contributed by atoms with Gasteiger partial charge in [-0.15, -0.1) is 0 Å². The van der Waals surface area contributed by atoms with Crippen molar-refractivity contribution in [3.05, 3.63) is 48.3 Å². The third-order valence-electron chi connectivity index (χ3n) is 2.89. The standard InChI is InChI=1S/C15H15N5S/c1-10-6-7-17-14(8-10)20-13-5-3-4-11(19-13)12-9-18-15(16-2)21-12/h3-9H,1-2H3,(H,16,18)(H,17,19,20). The Morgan fingerprint density at radius 1 is 1.10 bits per heavy atom. The van der Waals surface area contributed by atoms with E-state index < -0.39 is 0 Å². The zero-order chi connectivity index (χ0) is 14.7. The lowest BCUT2D eigenvalue weighted by Crippen LogP contribution is -1.96. The maximum atomic E-state index is 4.61. The zero-order valence-electron chi connectivity index (χ0n) is 11.8. The van der Waals surface area contributed by atoms with Crippen molar-refractivity contribution in [3.63, 3.8) is 0 Å². The normalized spacial score (nSPS) is 10.4. The Kier molecular flexibility index (Phi) is 3.79. The number of hydrogen-bond acceptors (Lipinski definition) is 6. The molecule has 2 N–H and O–H groups in total. The van der Waals surface area contributed by atoms with E-state index in [1.807, 2.05) is 50.5 Å². The van der Waals surface area contributed by atoms with Crippen LogP contribution in [0.4, 0.5) is 16.8 Å². The molecule has 3 aromatic heterocycles. The highest BCUT2D eigenvalue weighted by molar-refractivity contribution is 7.18. The van der Waals surface area contributed by atoms with Crippen LogP contribution in [0.5, 0.6) is 0 Å². The quantitative estimate of drug-likeness (QED) is 0.769. The number of aryl methyl sites for hydroxylation is 1. The molecule has 0 aliphatic heterocycles. The van der Waals surface area contributed by atoms with Crippen LogP contribution in [0.3, 0.4) is 0 Å². The highest BCUT2D eigenvalue weighted by Gasteiger charge is 2.06. The van der Waals surface area contributed by atoms with Gasteiger partial charge in [-0.2, -0.15) is 0 Å². The minimum Gasteiger partial charge on any atom is -0.365 e. The lowest BCUT2D eigenvalue weighted by atomic mass is 10.3. The molecule has 0 unspecified atom stereocenters. The van der Waals surface area contributed by atoms with E-state index in [1.165, 1.54) is 0 Å². The van der Waals surface area contributed by atoms with E-state index >= 15 is 0 Å². The Hall–Kier alpha value is -2.47. The van der Waals surface area contributed by atoms with Gasteiger partial charge in [-0.3, -0.25) is 0 Å². The van der Waals surface area contributed by atoms with Crippen molar-refractivity contribution in [1.82, 2.24) is 15.0 Å². The van der Waals surface area contributed by atoms with Crippen LogP contribution in [-0.2, 0) is 0 Å². The van der Waals surface area contributed by atoms with Crippen LogP contribution in [0.2, 0.25) is 0 Å². The fourth-order valence-electron chi connectivity index (χ4n) is 1.89. The van der Waals surface area contributed by atoms with Gasteiger partial charge >= 0.3 is 0 Å². The Bertz CT molecular complexity index is 753. The summed E-state index contributed by atoms with van der Waals surface area (Å²) in [6, 6.07) is 9.82. The van der Waals surface area contributed by atoms with Gasteiger partial charge in [-0.05, 0) is 36.8 Å². The van der Waals surface area contributed by atoms with E-state index in [0.29, 0.717) is 0 Å². The summed E-state index contributed by atoms with van der Waals surface area (Å²) < 4.78 is 0. The van der Waals surface area contributed by atoms with E-state index in [4.69, 9.17) is 0 Å². The van der Waals surface area contributed by atoms with Gasteiger partial charge in [-0.25, -0.2) is 15.0 Å². The summed E-state index contributed by atoms with van der Waals surface area (Å²) in [6.45, 7) is 2.04. The van der Waals surface area contributed by atoms with Crippen LogP contribution in [0.15, 0.2) is 42.7 Å². The smallest absolute Gasteiger partial charge is 0.182 e. The first-order valence-electron chi connectivity index (χ1n) is 6.55. The molecular formula is C15H15N5S. The van der Waals surface area contributed by atoms with Gasteiger partial charge in [0.1, 0.15) is 11.6 Å². The third kappa shape index (κ3) is 3.17. The second-order valence-electron chi connectivity index (χ2n) is 4.53. The van der Waals surface area contributed by atoms with Crippen LogP contribution < -0.4 is 10.6 Å². The predicted octanol–water partition coefficient (Wildman–Crippen LogP) is 3.69. The lowest BCUT2D eigenvalue weighted by Gasteiger charge is -2.06. The number of pyridine rings is 2. The summed E-state index contributed by atoms with van der Waals surface area (Å²) in [5.74, 6) is 1.56. The monoisotopic (exact) mass is 297 g/mol. The second-order valence-corrected chi connectivity index (χ2v) is 5.56. The van der Waals surface area contributed by atoms with Gasteiger partial charge in [0, 0.05) is 19.4 Å². The Morgan fingerprint density at radius 3 is 2.76 bits per heavy atom. The van der Waals surface area contributed by atoms with Crippen LogP contribution in [0.1, 0.15) is 5.56 Å². The average molecular weight is 297 g/mol. The molecule has 0 spiro atoms. The van der Waals surface area contributed by atoms with Crippen molar-refractivity contribution in [1.29, 1.82) is 0 Å². The molecule has 0 atom stereocenters. The summed E-state index contributed by atoms with van der Waals surface area (Å²) >= 11 is 1.58. The van der Waals surface area contributed by atoms with Gasteiger partial charge in [0.15, 0.2) is 5.13 Å². The first kappa shape index (κ1) is 13.5. The van der Waals surface area contributed by atoms with Gasteiger partial charge < -0.3 is 10.6 Å². The molecular weight excluding hydrogens is 282 g/mol. The number of anilines is 3. The summed E-state index contributed by atoms with van der Waals surface area (Å²) in [5.41, 5.74) is 2.05. The Morgan fingerprint density at radius 2 is 2.00 bits per heavy atom. The van der Waals surface area contributed by atoms with Crippen molar-refractivity contribution in [2.45, 2.75) is 6.92 Å². The summed E-state index contributed by atoms with van der Waals surface area (Å²) in [6.07, 6.45) is 3.61. The molecule has 0 saturated carbocycles. The number of hydrogen-bond donors (Lipinski definition) is 2. The Balaban J connectivity index is 1.86. The van der Waals surface area contributed by atoms with Crippen molar-refractivity contribution in [2.75, 3.05) is 17.7 Å². The molecule has 21 heavy (non-hydrogen) atoms. The van der Waals surface area contributed by atoms with Gasteiger partial charge in [0.25, 0.3) is 0 Å². The molecule has 0 radical (unpaired) electrons. The van der Waals surface area contributed by atoms with E-state index in [1.54, 1.807) is 17.5 Å². The minimum absolute atomic E-state index is 0.769. The van der Waals surface area contributed by atoms with Crippen molar-refractivity contribution in [3.8, 4) is 10.6 Å². The molecule has 0 bridgehead atoms. The first-order valence-corrected chi connectivity index (χ1v) is 7.37. The number of aromatic nitrogens is 3. The van der Waals surface area contributed by atoms with Gasteiger partial charge in [0.2, 0.25) is 0 Å². The number of thiazole rings is 1. The van der Waals surface area contributed by atoms with E-state index in [2.05, 4.69) is 25.6 Å². The predicted molar refractivity (Wildman–Crippen MR) is 87.1 cm³/mol. The highest BCUT2D eigenvalue weighted by atomic mass is 32.1. The molecule has 5 nitrogen and oxygen atoms in total. The summed E-state index contributed by atoms with van der Waals surface area (Å²) in [5, 5.41) is 7.13. The molecule has 0 aromatic carbocycles. The van der Waals surface area contributed by atoms with Gasteiger partial charge in [0.05, 0.1) is 10.6 Å². The van der Waals surface area contributed by atoms with Crippen LogP contribution >= 0.6 is 11.3 Å². The van der Waals surface area contributed by atoms with E-state index in [9.17, 15) is 0 Å². The average Bonchev–Trinajstić information content (AvgIpc) is 2.96. The molecule has 106 valence electrons. The molecule has 0 amide bonds. The Labute approximate surface area is 127 Å². The molecule has 6 heteroatoms. The molecule has 0 fully saturated rings. The lowest BCUT2D eigenvalue weighted by molar-refractivity contribution is 1.24.